The van der Waals surface area contributed by atoms with E-state index >= 15 is 0 Å². The first kappa shape index (κ1) is 17.7. The molecule has 5 nitrogen and oxygen atoms in total. The summed E-state index contributed by atoms with van der Waals surface area (Å²) >= 11 is 1.50. The van der Waals surface area contributed by atoms with E-state index in [9.17, 15) is 13.2 Å². The van der Waals surface area contributed by atoms with Gasteiger partial charge in [-0.05, 0) is 49.6 Å². The highest BCUT2D eigenvalue weighted by Crippen LogP contribution is 2.14. The third-order valence-corrected chi connectivity index (χ3v) is 5.77. The Bertz CT molecular complexity index is 734. The Morgan fingerprint density at radius 3 is 2.30 bits per heavy atom. The highest BCUT2D eigenvalue weighted by atomic mass is 32.2. The van der Waals surface area contributed by atoms with Gasteiger partial charge in [-0.3, -0.25) is 4.79 Å². The lowest BCUT2D eigenvalue weighted by atomic mass is 10.2. The lowest BCUT2D eigenvalue weighted by Crippen LogP contribution is -2.30. The molecule has 0 atom stereocenters. The van der Waals surface area contributed by atoms with Gasteiger partial charge in [0.1, 0.15) is 0 Å². The lowest BCUT2D eigenvalue weighted by Gasteiger charge is -2.18. The van der Waals surface area contributed by atoms with Crippen molar-refractivity contribution in [1.82, 2.24) is 9.62 Å². The molecule has 1 aromatic carbocycles. The van der Waals surface area contributed by atoms with Crippen molar-refractivity contribution in [2.45, 2.75) is 25.3 Å². The van der Waals surface area contributed by atoms with Gasteiger partial charge < -0.3 is 4.90 Å². The van der Waals surface area contributed by atoms with Crippen LogP contribution in [-0.2, 0) is 16.6 Å². The third kappa shape index (κ3) is 4.40. The molecule has 1 amide bonds. The molecule has 0 saturated heterocycles. The Hall–Kier alpha value is -1.70. The van der Waals surface area contributed by atoms with Crippen LogP contribution < -0.4 is 4.72 Å². The molecule has 7 heteroatoms. The fourth-order valence-corrected chi connectivity index (χ4v) is 3.88. The Balaban J connectivity index is 2.10. The van der Waals surface area contributed by atoms with Crippen LogP contribution in [-0.4, -0.2) is 32.3 Å². The first-order valence-electron chi connectivity index (χ1n) is 7.39. The first-order valence-corrected chi connectivity index (χ1v) is 9.75. The van der Waals surface area contributed by atoms with Crippen LogP contribution >= 0.6 is 11.3 Å². The monoisotopic (exact) mass is 352 g/mol. The summed E-state index contributed by atoms with van der Waals surface area (Å²) in [5, 5.41) is 1.90. The van der Waals surface area contributed by atoms with Gasteiger partial charge in [-0.15, -0.1) is 11.3 Å². The summed E-state index contributed by atoms with van der Waals surface area (Å²) in [7, 11) is -3.58. The second-order valence-corrected chi connectivity index (χ2v) is 7.70. The number of nitrogens with zero attached hydrogens (tertiary/aromatic N) is 1. The van der Waals surface area contributed by atoms with Gasteiger partial charge in [0.2, 0.25) is 10.0 Å². The molecule has 0 aliphatic rings. The molecule has 0 bridgehead atoms. The summed E-state index contributed by atoms with van der Waals surface area (Å²) in [6.07, 6.45) is 0. The molecular weight excluding hydrogens is 332 g/mol. The molecule has 0 radical (unpaired) electrons. The van der Waals surface area contributed by atoms with Gasteiger partial charge in [-0.1, -0.05) is 6.07 Å². The Labute approximate surface area is 141 Å². The van der Waals surface area contributed by atoms with E-state index in [1.165, 1.54) is 23.5 Å². The fraction of sp³-hybridized carbons (Fsp3) is 0.312. The van der Waals surface area contributed by atoms with Crippen LogP contribution in [0, 0.1) is 0 Å². The minimum absolute atomic E-state index is 0.0921. The highest BCUT2D eigenvalue weighted by Gasteiger charge is 2.16. The summed E-state index contributed by atoms with van der Waals surface area (Å²) in [6, 6.07) is 9.79. The van der Waals surface area contributed by atoms with Gasteiger partial charge in [0.15, 0.2) is 0 Å². The van der Waals surface area contributed by atoms with Crippen LogP contribution in [0.3, 0.4) is 0 Å². The van der Waals surface area contributed by atoms with Crippen molar-refractivity contribution in [2.24, 2.45) is 0 Å². The third-order valence-electron chi connectivity index (χ3n) is 3.48. The summed E-state index contributed by atoms with van der Waals surface area (Å²) in [5.74, 6) is -0.0921. The second-order valence-electron chi connectivity index (χ2n) is 4.91. The maximum Gasteiger partial charge on any atom is 0.253 e. The number of rotatable bonds is 7. The normalized spacial score (nSPS) is 11.4. The molecule has 23 heavy (non-hydrogen) atoms. The van der Waals surface area contributed by atoms with Crippen molar-refractivity contribution >= 4 is 27.3 Å². The zero-order valence-electron chi connectivity index (χ0n) is 13.2. The summed E-state index contributed by atoms with van der Waals surface area (Å²) in [4.78, 5) is 15.0. The summed E-state index contributed by atoms with van der Waals surface area (Å²) in [5.41, 5.74) is 0.492. The van der Waals surface area contributed by atoms with Gasteiger partial charge in [0, 0.05) is 30.1 Å². The maximum atomic E-state index is 12.3. The second kappa shape index (κ2) is 7.72. The van der Waals surface area contributed by atoms with Crippen LogP contribution in [0.25, 0.3) is 0 Å². The SMILES string of the molecule is CCN(CC)C(=O)c1ccc(S(=O)(=O)NCc2cccs2)cc1. The summed E-state index contributed by atoms with van der Waals surface area (Å²) in [6.45, 7) is 5.33. The fourth-order valence-electron chi connectivity index (χ4n) is 2.13. The van der Waals surface area contributed by atoms with Crippen LogP contribution in [0.4, 0.5) is 0 Å². The van der Waals surface area contributed by atoms with Crippen LogP contribution in [0.1, 0.15) is 29.1 Å². The van der Waals surface area contributed by atoms with Crippen LogP contribution in [0.2, 0.25) is 0 Å². The number of nitrogens with one attached hydrogen (secondary N) is 1. The standard InChI is InChI=1S/C16H20N2O3S2/c1-3-18(4-2)16(19)13-7-9-15(10-8-13)23(20,21)17-12-14-6-5-11-22-14/h5-11,17H,3-4,12H2,1-2H3. The van der Waals surface area contributed by atoms with Crippen molar-refractivity contribution < 1.29 is 13.2 Å². The van der Waals surface area contributed by atoms with E-state index in [0.717, 1.165) is 4.88 Å². The average Bonchev–Trinajstić information content (AvgIpc) is 3.08. The molecular formula is C16H20N2O3S2. The van der Waals surface area contributed by atoms with E-state index < -0.39 is 10.0 Å². The van der Waals surface area contributed by atoms with E-state index in [1.807, 2.05) is 31.4 Å². The molecule has 2 rings (SSSR count). The van der Waals surface area contributed by atoms with Gasteiger partial charge in [0.25, 0.3) is 5.91 Å². The van der Waals surface area contributed by atoms with E-state index in [1.54, 1.807) is 17.0 Å². The number of hydrogen-bond donors (Lipinski definition) is 1. The smallest absolute Gasteiger partial charge is 0.253 e. The van der Waals surface area contributed by atoms with E-state index in [4.69, 9.17) is 0 Å². The molecule has 124 valence electrons. The molecule has 0 unspecified atom stereocenters. The Kier molecular flexibility index (Phi) is 5.92. The molecule has 0 fully saturated rings. The number of thiophene rings is 1. The van der Waals surface area contributed by atoms with Crippen molar-refractivity contribution in [3.05, 3.63) is 52.2 Å². The van der Waals surface area contributed by atoms with Crippen molar-refractivity contribution in [3.63, 3.8) is 0 Å². The molecule has 1 aromatic heterocycles. The number of benzene rings is 1. The first-order chi connectivity index (χ1) is 11.0. The minimum Gasteiger partial charge on any atom is -0.339 e. The van der Waals surface area contributed by atoms with E-state index in [2.05, 4.69) is 4.72 Å². The molecule has 0 saturated carbocycles. The molecule has 0 aliphatic carbocycles. The Morgan fingerprint density at radius 2 is 1.78 bits per heavy atom. The molecule has 2 aromatic rings. The minimum atomic E-state index is -3.58. The molecule has 0 spiro atoms. The van der Waals surface area contributed by atoms with Crippen LogP contribution in [0.15, 0.2) is 46.7 Å². The quantitative estimate of drug-likeness (QED) is 0.833. The zero-order chi connectivity index (χ0) is 16.9. The number of hydrogen-bond acceptors (Lipinski definition) is 4. The molecule has 0 aliphatic heterocycles. The van der Waals surface area contributed by atoms with Gasteiger partial charge in [0.05, 0.1) is 4.90 Å². The highest BCUT2D eigenvalue weighted by molar-refractivity contribution is 7.89. The number of carbonyl (C=O) groups is 1. The van der Waals surface area contributed by atoms with Gasteiger partial charge >= 0.3 is 0 Å². The van der Waals surface area contributed by atoms with E-state index in [0.29, 0.717) is 18.7 Å². The predicted molar refractivity (Wildman–Crippen MR) is 92.0 cm³/mol. The maximum absolute atomic E-state index is 12.3. The number of sulfonamides is 1. The largest absolute Gasteiger partial charge is 0.339 e. The Morgan fingerprint density at radius 1 is 1.13 bits per heavy atom. The average molecular weight is 352 g/mol. The number of amides is 1. The zero-order valence-corrected chi connectivity index (χ0v) is 14.8. The number of carbonyl (C=O) groups excluding carboxylic acids is 1. The van der Waals surface area contributed by atoms with Gasteiger partial charge in [-0.2, -0.15) is 0 Å². The topological polar surface area (TPSA) is 66.5 Å². The summed E-state index contributed by atoms with van der Waals surface area (Å²) < 4.78 is 27.1. The molecule has 1 N–H and O–H groups in total. The van der Waals surface area contributed by atoms with Gasteiger partial charge in [-0.25, -0.2) is 13.1 Å². The van der Waals surface area contributed by atoms with E-state index in [-0.39, 0.29) is 17.3 Å². The molecule has 1 heterocycles. The van der Waals surface area contributed by atoms with Crippen molar-refractivity contribution in [1.29, 1.82) is 0 Å². The lowest BCUT2D eigenvalue weighted by molar-refractivity contribution is 0.0773. The predicted octanol–water partition coefficient (Wildman–Crippen LogP) is 2.71. The van der Waals surface area contributed by atoms with Crippen molar-refractivity contribution in [3.8, 4) is 0 Å². The van der Waals surface area contributed by atoms with Crippen LogP contribution in [0.5, 0.6) is 0 Å². The van der Waals surface area contributed by atoms with Crippen molar-refractivity contribution in [2.75, 3.05) is 13.1 Å².